The van der Waals surface area contributed by atoms with E-state index in [9.17, 15) is 9.18 Å². The first kappa shape index (κ1) is 18.2. The van der Waals surface area contributed by atoms with Gasteiger partial charge in [0.15, 0.2) is 6.54 Å². The Hall–Kier alpha value is -2.60. The molecule has 1 aliphatic rings. The molecule has 0 aromatic heterocycles. The van der Waals surface area contributed by atoms with E-state index < -0.39 is 5.82 Å². The SMILES string of the molecule is COc1ccc(OC)c([C@H]2CCC[NH+]2CC(=O)Nc2ccccc2F)c1. The van der Waals surface area contributed by atoms with Crippen LogP contribution in [0.2, 0.25) is 0 Å². The van der Waals surface area contributed by atoms with E-state index in [1.165, 1.54) is 6.07 Å². The summed E-state index contributed by atoms with van der Waals surface area (Å²) < 4.78 is 24.6. The third kappa shape index (κ3) is 3.96. The van der Waals surface area contributed by atoms with Gasteiger partial charge in [0.2, 0.25) is 0 Å². The van der Waals surface area contributed by atoms with E-state index >= 15 is 0 Å². The molecule has 1 fully saturated rings. The van der Waals surface area contributed by atoms with Gasteiger partial charge in [0.05, 0.1) is 32.0 Å². The molecule has 0 bridgehead atoms. The number of amides is 1. The molecular weight excluding hydrogens is 335 g/mol. The normalized spacial score (nSPS) is 19.2. The molecule has 1 aliphatic heterocycles. The number of halogens is 1. The van der Waals surface area contributed by atoms with Crippen LogP contribution in [0.5, 0.6) is 11.5 Å². The highest BCUT2D eigenvalue weighted by Crippen LogP contribution is 2.31. The predicted molar refractivity (Wildman–Crippen MR) is 97.2 cm³/mol. The van der Waals surface area contributed by atoms with Gasteiger partial charge in [0, 0.05) is 12.8 Å². The summed E-state index contributed by atoms with van der Waals surface area (Å²) in [6, 6.07) is 12.1. The maximum atomic E-state index is 13.7. The molecule has 0 spiro atoms. The van der Waals surface area contributed by atoms with Crippen LogP contribution in [-0.4, -0.2) is 33.2 Å². The molecule has 138 valence electrons. The lowest BCUT2D eigenvalue weighted by molar-refractivity contribution is -0.910. The van der Waals surface area contributed by atoms with E-state index in [-0.39, 0.29) is 24.2 Å². The number of methoxy groups -OCH3 is 2. The van der Waals surface area contributed by atoms with E-state index in [0.717, 1.165) is 41.3 Å². The number of hydrogen-bond donors (Lipinski definition) is 2. The zero-order valence-corrected chi connectivity index (χ0v) is 15.0. The average molecular weight is 359 g/mol. The zero-order valence-electron chi connectivity index (χ0n) is 15.0. The Labute approximate surface area is 152 Å². The number of benzene rings is 2. The van der Waals surface area contributed by atoms with Gasteiger partial charge in [-0.2, -0.15) is 0 Å². The van der Waals surface area contributed by atoms with E-state index in [1.54, 1.807) is 32.4 Å². The van der Waals surface area contributed by atoms with Crippen LogP contribution >= 0.6 is 0 Å². The molecule has 0 aliphatic carbocycles. The van der Waals surface area contributed by atoms with Crippen LogP contribution in [0.1, 0.15) is 24.4 Å². The summed E-state index contributed by atoms with van der Waals surface area (Å²) in [5, 5.41) is 2.67. The first-order chi connectivity index (χ1) is 12.6. The molecule has 1 saturated heterocycles. The largest absolute Gasteiger partial charge is 0.497 e. The van der Waals surface area contributed by atoms with Crippen LogP contribution < -0.4 is 19.7 Å². The minimum atomic E-state index is -0.428. The molecule has 2 aromatic rings. The van der Waals surface area contributed by atoms with E-state index in [1.807, 2.05) is 18.2 Å². The maximum Gasteiger partial charge on any atom is 0.279 e. The van der Waals surface area contributed by atoms with Gasteiger partial charge in [-0.3, -0.25) is 4.79 Å². The lowest BCUT2D eigenvalue weighted by Gasteiger charge is -2.23. The number of quaternary nitrogens is 1. The second kappa shape index (κ2) is 8.19. The summed E-state index contributed by atoms with van der Waals surface area (Å²) in [7, 11) is 3.28. The van der Waals surface area contributed by atoms with Gasteiger partial charge in [-0.1, -0.05) is 12.1 Å². The quantitative estimate of drug-likeness (QED) is 0.831. The number of para-hydroxylation sites is 1. The Morgan fingerprint density at radius 3 is 2.77 bits per heavy atom. The number of carbonyl (C=O) groups excluding carboxylic acids is 1. The fraction of sp³-hybridized carbons (Fsp3) is 0.350. The second-order valence-corrected chi connectivity index (χ2v) is 6.42. The number of carbonyl (C=O) groups is 1. The molecule has 26 heavy (non-hydrogen) atoms. The van der Waals surface area contributed by atoms with Gasteiger partial charge < -0.3 is 19.7 Å². The average Bonchev–Trinajstić information content (AvgIpc) is 3.10. The molecule has 1 unspecified atom stereocenters. The number of likely N-dealkylation sites (tertiary alicyclic amines) is 1. The van der Waals surface area contributed by atoms with Gasteiger partial charge in [0.1, 0.15) is 23.4 Å². The first-order valence-corrected chi connectivity index (χ1v) is 8.73. The molecule has 0 radical (unpaired) electrons. The highest BCUT2D eigenvalue weighted by molar-refractivity contribution is 5.91. The molecule has 2 atom stereocenters. The van der Waals surface area contributed by atoms with Gasteiger partial charge >= 0.3 is 0 Å². The van der Waals surface area contributed by atoms with Gasteiger partial charge in [0.25, 0.3) is 5.91 Å². The van der Waals surface area contributed by atoms with Crippen molar-refractivity contribution in [3.8, 4) is 11.5 Å². The summed E-state index contributed by atoms with van der Waals surface area (Å²) >= 11 is 0. The summed E-state index contributed by atoms with van der Waals surface area (Å²) in [6.07, 6.45) is 1.99. The molecule has 2 N–H and O–H groups in total. The van der Waals surface area contributed by atoms with Crippen LogP contribution in [0.4, 0.5) is 10.1 Å². The molecule has 0 saturated carbocycles. The molecular formula is C20H24FN2O3+. The molecule has 1 amide bonds. The van der Waals surface area contributed by atoms with Gasteiger partial charge in [-0.15, -0.1) is 0 Å². The topological polar surface area (TPSA) is 52.0 Å². The smallest absolute Gasteiger partial charge is 0.279 e. The Morgan fingerprint density at radius 1 is 1.23 bits per heavy atom. The van der Waals surface area contributed by atoms with Crippen molar-refractivity contribution in [2.24, 2.45) is 0 Å². The molecule has 1 heterocycles. The van der Waals surface area contributed by atoms with Crippen LogP contribution in [-0.2, 0) is 4.79 Å². The lowest BCUT2D eigenvalue weighted by atomic mass is 10.0. The zero-order chi connectivity index (χ0) is 18.5. The summed E-state index contributed by atoms with van der Waals surface area (Å²) in [4.78, 5) is 13.6. The summed E-state index contributed by atoms with van der Waals surface area (Å²) in [6.45, 7) is 1.16. The Balaban J connectivity index is 1.74. The fourth-order valence-corrected chi connectivity index (χ4v) is 3.57. The standard InChI is InChI=1S/C20H23FN2O3/c1-25-14-9-10-19(26-2)15(12-14)18-8-5-11-23(18)13-20(24)22-17-7-4-3-6-16(17)21/h3-4,6-7,9-10,12,18H,5,8,11,13H2,1-2H3,(H,22,24)/p+1/t18-/m1/s1. The first-order valence-electron chi connectivity index (χ1n) is 8.73. The maximum absolute atomic E-state index is 13.7. The van der Waals surface area contributed by atoms with Crippen molar-refractivity contribution in [3.63, 3.8) is 0 Å². The van der Waals surface area contributed by atoms with E-state index in [2.05, 4.69) is 5.32 Å². The van der Waals surface area contributed by atoms with Crippen molar-refractivity contribution >= 4 is 11.6 Å². The fourth-order valence-electron chi connectivity index (χ4n) is 3.57. The Morgan fingerprint density at radius 2 is 2.04 bits per heavy atom. The summed E-state index contributed by atoms with van der Waals surface area (Å²) in [5.41, 5.74) is 1.25. The number of hydrogen-bond acceptors (Lipinski definition) is 3. The van der Waals surface area contributed by atoms with Crippen LogP contribution in [0.15, 0.2) is 42.5 Å². The minimum absolute atomic E-state index is 0.145. The van der Waals surface area contributed by atoms with Crippen molar-refractivity contribution in [1.82, 2.24) is 0 Å². The number of nitrogens with one attached hydrogen (secondary N) is 2. The number of anilines is 1. The third-order valence-corrected chi connectivity index (χ3v) is 4.83. The highest BCUT2D eigenvalue weighted by atomic mass is 19.1. The van der Waals surface area contributed by atoms with Crippen molar-refractivity contribution in [2.45, 2.75) is 18.9 Å². The van der Waals surface area contributed by atoms with Gasteiger partial charge in [-0.05, 0) is 30.3 Å². The number of rotatable bonds is 6. The molecule has 6 heteroatoms. The van der Waals surface area contributed by atoms with Crippen molar-refractivity contribution in [3.05, 3.63) is 53.8 Å². The van der Waals surface area contributed by atoms with Gasteiger partial charge in [-0.25, -0.2) is 4.39 Å². The van der Waals surface area contributed by atoms with Crippen LogP contribution in [0.3, 0.4) is 0 Å². The van der Waals surface area contributed by atoms with Crippen molar-refractivity contribution in [2.75, 3.05) is 32.6 Å². The minimum Gasteiger partial charge on any atom is -0.497 e. The predicted octanol–water partition coefficient (Wildman–Crippen LogP) is 2.20. The van der Waals surface area contributed by atoms with Crippen LogP contribution in [0, 0.1) is 5.82 Å². The monoisotopic (exact) mass is 359 g/mol. The van der Waals surface area contributed by atoms with E-state index in [4.69, 9.17) is 9.47 Å². The molecule has 2 aromatic carbocycles. The summed E-state index contributed by atoms with van der Waals surface area (Å²) in [5.74, 6) is 0.940. The van der Waals surface area contributed by atoms with Crippen molar-refractivity contribution < 1.29 is 23.6 Å². The lowest BCUT2D eigenvalue weighted by Crippen LogP contribution is -3.11. The van der Waals surface area contributed by atoms with Crippen LogP contribution in [0.25, 0.3) is 0 Å². The Kier molecular flexibility index (Phi) is 5.73. The van der Waals surface area contributed by atoms with Crippen molar-refractivity contribution in [1.29, 1.82) is 0 Å². The molecule has 5 nitrogen and oxygen atoms in total. The second-order valence-electron chi connectivity index (χ2n) is 6.42. The third-order valence-electron chi connectivity index (χ3n) is 4.83. The van der Waals surface area contributed by atoms with E-state index in [0.29, 0.717) is 0 Å². The highest BCUT2D eigenvalue weighted by Gasteiger charge is 2.34. The Bertz CT molecular complexity index is 781. The molecule has 3 rings (SSSR count). The number of ether oxygens (including phenoxy) is 2.